The summed E-state index contributed by atoms with van der Waals surface area (Å²) in [5, 5.41) is 19.9. The third-order valence-corrected chi connectivity index (χ3v) is 3.56. The van der Waals surface area contributed by atoms with Gasteiger partial charge in [-0.2, -0.15) is 8.42 Å². The fraction of sp³-hybridized carbons (Fsp3) is 0.0909. The van der Waals surface area contributed by atoms with Gasteiger partial charge in [0.1, 0.15) is 16.4 Å². The molecule has 0 heterocycles. The predicted molar refractivity (Wildman–Crippen MR) is 61.8 cm³/mol. The molecule has 17 heavy (non-hydrogen) atoms. The molecule has 6 heteroatoms. The Labute approximate surface area is 97.7 Å². The maximum absolute atomic E-state index is 11.1. The summed E-state index contributed by atoms with van der Waals surface area (Å²) in [6.45, 7) is 1.39. The fourth-order valence-electron chi connectivity index (χ4n) is 1.72. The molecule has 0 unspecified atom stereocenters. The first-order chi connectivity index (χ1) is 7.80. The van der Waals surface area contributed by atoms with Crippen LogP contribution in [0.3, 0.4) is 0 Å². The average Bonchev–Trinajstić information content (AvgIpc) is 2.21. The Morgan fingerprint density at radius 3 is 2.35 bits per heavy atom. The van der Waals surface area contributed by atoms with Crippen molar-refractivity contribution in [1.29, 1.82) is 0 Å². The summed E-state index contributed by atoms with van der Waals surface area (Å²) in [5.74, 6) is -0.280. The molecule has 2 aromatic carbocycles. The number of hydrogen-bond acceptors (Lipinski definition) is 4. The molecule has 0 aliphatic rings. The van der Waals surface area contributed by atoms with Crippen molar-refractivity contribution < 1.29 is 23.2 Å². The zero-order valence-corrected chi connectivity index (χ0v) is 9.69. The number of hydrogen-bond donors (Lipinski definition) is 3. The molecule has 0 spiro atoms. The van der Waals surface area contributed by atoms with Gasteiger partial charge in [-0.3, -0.25) is 4.55 Å². The molecule has 0 fully saturated rings. The third-order valence-electron chi connectivity index (χ3n) is 2.58. The number of fused-ring (bicyclic) bond motifs is 1. The highest BCUT2D eigenvalue weighted by Crippen LogP contribution is 2.34. The monoisotopic (exact) mass is 254 g/mol. The number of aromatic hydroxyl groups is 2. The Bertz CT molecular complexity index is 703. The first-order valence-electron chi connectivity index (χ1n) is 4.73. The Morgan fingerprint density at radius 2 is 1.76 bits per heavy atom. The van der Waals surface area contributed by atoms with E-state index in [9.17, 15) is 18.6 Å². The molecular weight excluding hydrogens is 244 g/mol. The van der Waals surface area contributed by atoms with Gasteiger partial charge < -0.3 is 10.2 Å². The van der Waals surface area contributed by atoms with Gasteiger partial charge in [-0.15, -0.1) is 0 Å². The van der Waals surface area contributed by atoms with Crippen LogP contribution >= 0.6 is 0 Å². The molecule has 3 N–H and O–H groups in total. The van der Waals surface area contributed by atoms with Crippen molar-refractivity contribution in [3.8, 4) is 11.5 Å². The van der Waals surface area contributed by atoms with Crippen LogP contribution < -0.4 is 0 Å². The first kappa shape index (κ1) is 11.7. The second kappa shape index (κ2) is 3.61. The maximum Gasteiger partial charge on any atom is 0.294 e. The van der Waals surface area contributed by atoms with E-state index in [0.717, 1.165) is 0 Å². The lowest BCUT2D eigenvalue weighted by Crippen LogP contribution is -2.01. The van der Waals surface area contributed by atoms with Crippen molar-refractivity contribution in [2.45, 2.75) is 11.8 Å². The van der Waals surface area contributed by atoms with Gasteiger partial charge in [-0.1, -0.05) is 0 Å². The normalized spacial score (nSPS) is 11.9. The molecule has 0 aromatic heterocycles. The van der Waals surface area contributed by atoms with Gasteiger partial charge in [0.2, 0.25) is 0 Å². The predicted octanol–water partition coefficient (Wildman–Crippen LogP) is 1.81. The number of rotatable bonds is 1. The van der Waals surface area contributed by atoms with Crippen LogP contribution in [0.5, 0.6) is 11.5 Å². The van der Waals surface area contributed by atoms with Crippen LogP contribution in [-0.2, 0) is 10.1 Å². The van der Waals surface area contributed by atoms with E-state index in [-0.39, 0.29) is 22.0 Å². The SMILES string of the molecule is Cc1c(S(=O)(=O)O)cc2cc(O)ccc2c1O. The molecule has 2 rings (SSSR count). The zero-order chi connectivity index (χ0) is 12.8. The molecule has 0 saturated heterocycles. The van der Waals surface area contributed by atoms with Crippen molar-refractivity contribution >= 4 is 20.9 Å². The zero-order valence-electron chi connectivity index (χ0n) is 8.88. The minimum atomic E-state index is -4.40. The van der Waals surface area contributed by atoms with Crippen LogP contribution in [-0.4, -0.2) is 23.2 Å². The summed E-state index contributed by atoms with van der Waals surface area (Å²) in [5.41, 5.74) is 0.0747. The van der Waals surface area contributed by atoms with E-state index in [1.807, 2.05) is 0 Å². The van der Waals surface area contributed by atoms with E-state index in [1.165, 1.54) is 31.2 Å². The summed E-state index contributed by atoms with van der Waals surface area (Å²) in [6.07, 6.45) is 0. The van der Waals surface area contributed by atoms with Crippen molar-refractivity contribution in [2.75, 3.05) is 0 Å². The van der Waals surface area contributed by atoms with Crippen LogP contribution in [0.25, 0.3) is 10.8 Å². The van der Waals surface area contributed by atoms with Crippen LogP contribution in [0.2, 0.25) is 0 Å². The van der Waals surface area contributed by atoms with Crippen LogP contribution in [0, 0.1) is 6.92 Å². The van der Waals surface area contributed by atoms with Gasteiger partial charge in [0.25, 0.3) is 10.1 Å². The molecule has 0 atom stereocenters. The first-order valence-corrected chi connectivity index (χ1v) is 6.17. The van der Waals surface area contributed by atoms with Crippen LogP contribution in [0.4, 0.5) is 0 Å². The van der Waals surface area contributed by atoms with E-state index >= 15 is 0 Å². The van der Waals surface area contributed by atoms with Gasteiger partial charge in [-0.05, 0) is 36.6 Å². The number of benzene rings is 2. The van der Waals surface area contributed by atoms with Crippen molar-refractivity contribution in [3.63, 3.8) is 0 Å². The molecule has 2 aromatic rings. The molecule has 5 nitrogen and oxygen atoms in total. The molecule has 0 amide bonds. The smallest absolute Gasteiger partial charge is 0.294 e. The summed E-state index contributed by atoms with van der Waals surface area (Å²) >= 11 is 0. The third kappa shape index (κ3) is 1.92. The molecule has 90 valence electrons. The lowest BCUT2D eigenvalue weighted by atomic mass is 10.1. The highest BCUT2D eigenvalue weighted by molar-refractivity contribution is 7.85. The van der Waals surface area contributed by atoms with Gasteiger partial charge in [0.15, 0.2) is 0 Å². The highest BCUT2D eigenvalue weighted by Gasteiger charge is 2.18. The van der Waals surface area contributed by atoms with E-state index < -0.39 is 10.1 Å². The van der Waals surface area contributed by atoms with Crippen molar-refractivity contribution in [1.82, 2.24) is 0 Å². The van der Waals surface area contributed by atoms with E-state index in [4.69, 9.17) is 4.55 Å². The van der Waals surface area contributed by atoms with Gasteiger partial charge in [-0.25, -0.2) is 0 Å². The van der Waals surface area contributed by atoms with Gasteiger partial charge in [0, 0.05) is 10.9 Å². The van der Waals surface area contributed by atoms with Gasteiger partial charge >= 0.3 is 0 Å². The number of phenols is 2. The second-order valence-corrected chi connectivity index (χ2v) is 5.12. The lowest BCUT2D eigenvalue weighted by Gasteiger charge is -2.09. The minimum absolute atomic E-state index is 0.0537. The highest BCUT2D eigenvalue weighted by atomic mass is 32.2. The maximum atomic E-state index is 11.1. The average molecular weight is 254 g/mol. The number of phenolic OH excluding ortho intramolecular Hbond substituents is 2. The Balaban J connectivity index is 2.95. The summed E-state index contributed by atoms with van der Waals surface area (Å²) in [7, 11) is -4.40. The minimum Gasteiger partial charge on any atom is -0.508 e. The topological polar surface area (TPSA) is 94.8 Å². The largest absolute Gasteiger partial charge is 0.508 e. The van der Waals surface area contributed by atoms with Crippen molar-refractivity contribution in [3.05, 3.63) is 29.8 Å². The van der Waals surface area contributed by atoms with Crippen LogP contribution in [0.15, 0.2) is 29.2 Å². The summed E-state index contributed by atoms with van der Waals surface area (Å²) in [4.78, 5) is -0.367. The molecule has 0 aliphatic heterocycles. The molecular formula is C11H10O5S. The van der Waals surface area contributed by atoms with E-state index in [1.54, 1.807) is 0 Å². The quantitative estimate of drug-likeness (QED) is 0.674. The Morgan fingerprint density at radius 1 is 1.12 bits per heavy atom. The summed E-state index contributed by atoms with van der Waals surface area (Å²) < 4.78 is 31.3. The second-order valence-electron chi connectivity index (χ2n) is 3.73. The Hall–Kier alpha value is -1.79. The summed E-state index contributed by atoms with van der Waals surface area (Å²) in [6, 6.07) is 5.37. The molecule has 0 aliphatic carbocycles. The Kier molecular flexibility index (Phi) is 2.48. The molecule has 0 saturated carbocycles. The van der Waals surface area contributed by atoms with Gasteiger partial charge in [0.05, 0.1) is 0 Å². The lowest BCUT2D eigenvalue weighted by molar-refractivity contribution is 0.465. The van der Waals surface area contributed by atoms with Crippen molar-refractivity contribution in [2.24, 2.45) is 0 Å². The standard InChI is InChI=1S/C11H10O5S/c1-6-10(17(14,15)16)5-7-4-8(12)2-3-9(7)11(6)13/h2-5,12-13H,1H3,(H,14,15,16). The van der Waals surface area contributed by atoms with Crippen LogP contribution in [0.1, 0.15) is 5.56 Å². The van der Waals surface area contributed by atoms with E-state index in [2.05, 4.69) is 0 Å². The fourth-order valence-corrected chi connectivity index (χ4v) is 2.48. The molecule has 0 radical (unpaired) electrons. The molecule has 0 bridgehead atoms. The van der Waals surface area contributed by atoms with E-state index in [0.29, 0.717) is 10.8 Å².